The van der Waals surface area contributed by atoms with Gasteiger partial charge < -0.3 is 28.5 Å². The van der Waals surface area contributed by atoms with Gasteiger partial charge >= 0.3 is 0 Å². The first-order valence-corrected chi connectivity index (χ1v) is 7.83. The van der Waals surface area contributed by atoms with Crippen LogP contribution in [0, 0.1) is 11.3 Å². The SMILES string of the molecule is CC[N+]1(C2CC(C)CC(C)(C)C2)CCCCC1.[I-]. The minimum atomic E-state index is 0. The molecule has 0 aromatic heterocycles. The summed E-state index contributed by atoms with van der Waals surface area (Å²) in [6, 6.07) is 0.957. The second-order valence-electron chi connectivity index (χ2n) is 7.61. The number of hydrogen-bond donors (Lipinski definition) is 0. The van der Waals surface area contributed by atoms with E-state index in [1.165, 1.54) is 62.6 Å². The van der Waals surface area contributed by atoms with Crippen molar-refractivity contribution in [2.24, 2.45) is 11.3 Å². The van der Waals surface area contributed by atoms with E-state index in [-0.39, 0.29) is 24.0 Å². The third kappa shape index (κ3) is 3.62. The van der Waals surface area contributed by atoms with E-state index in [0.29, 0.717) is 5.41 Å². The summed E-state index contributed by atoms with van der Waals surface area (Å²) in [7, 11) is 0. The molecule has 0 N–H and O–H groups in total. The zero-order valence-electron chi connectivity index (χ0n) is 12.8. The molecule has 1 aliphatic carbocycles. The molecule has 2 heteroatoms. The van der Waals surface area contributed by atoms with Gasteiger partial charge in [-0.2, -0.15) is 0 Å². The quantitative estimate of drug-likeness (QED) is 0.510. The maximum absolute atomic E-state index is 2.49. The lowest BCUT2D eigenvalue weighted by atomic mass is 9.69. The predicted molar refractivity (Wildman–Crippen MR) is 75.0 cm³/mol. The van der Waals surface area contributed by atoms with Gasteiger partial charge in [0.25, 0.3) is 0 Å². The highest BCUT2D eigenvalue weighted by molar-refractivity contribution is 4.84. The highest BCUT2D eigenvalue weighted by Crippen LogP contribution is 2.43. The van der Waals surface area contributed by atoms with E-state index in [4.69, 9.17) is 0 Å². The summed E-state index contributed by atoms with van der Waals surface area (Å²) < 4.78 is 1.45. The maximum atomic E-state index is 2.49. The monoisotopic (exact) mass is 365 g/mol. The van der Waals surface area contributed by atoms with Gasteiger partial charge in [0.05, 0.1) is 25.7 Å². The molecule has 2 atom stereocenters. The molecule has 0 amide bonds. The molecule has 2 fully saturated rings. The highest BCUT2D eigenvalue weighted by Gasteiger charge is 2.43. The Morgan fingerprint density at radius 3 is 2.17 bits per heavy atom. The fourth-order valence-electron chi connectivity index (χ4n) is 4.79. The smallest absolute Gasteiger partial charge is 0.0898 e. The maximum Gasteiger partial charge on any atom is 0.0898 e. The van der Waals surface area contributed by atoms with Gasteiger partial charge in [-0.05, 0) is 43.9 Å². The summed E-state index contributed by atoms with van der Waals surface area (Å²) in [5, 5.41) is 0. The number of likely N-dealkylation sites (tertiary alicyclic amines) is 1. The first-order chi connectivity index (χ1) is 7.97. The van der Waals surface area contributed by atoms with Gasteiger partial charge in [-0.25, -0.2) is 0 Å². The van der Waals surface area contributed by atoms with E-state index < -0.39 is 0 Å². The Labute approximate surface area is 131 Å². The third-order valence-corrected chi connectivity index (χ3v) is 5.47. The Hall–Kier alpha value is 0.690. The Kier molecular flexibility index (Phi) is 5.98. The largest absolute Gasteiger partial charge is 1.00 e. The second-order valence-corrected chi connectivity index (χ2v) is 7.61. The molecule has 0 bridgehead atoms. The average molecular weight is 365 g/mol. The minimum absolute atomic E-state index is 0. The van der Waals surface area contributed by atoms with Crippen molar-refractivity contribution in [1.82, 2.24) is 0 Å². The Morgan fingerprint density at radius 1 is 1.06 bits per heavy atom. The van der Waals surface area contributed by atoms with E-state index in [9.17, 15) is 0 Å². The topological polar surface area (TPSA) is 0 Å². The summed E-state index contributed by atoms with van der Waals surface area (Å²) in [4.78, 5) is 0. The molecule has 0 radical (unpaired) electrons. The number of piperidine rings is 1. The number of rotatable bonds is 2. The van der Waals surface area contributed by atoms with Gasteiger partial charge in [0.2, 0.25) is 0 Å². The Balaban J connectivity index is 0.00000162. The van der Waals surface area contributed by atoms with Crippen molar-refractivity contribution in [2.45, 2.75) is 72.3 Å². The van der Waals surface area contributed by atoms with E-state index >= 15 is 0 Å². The van der Waals surface area contributed by atoms with Crippen molar-refractivity contribution in [3.8, 4) is 0 Å². The lowest BCUT2D eigenvalue weighted by Crippen LogP contribution is -3.00. The molecule has 1 saturated heterocycles. The van der Waals surface area contributed by atoms with Crippen LogP contribution in [0.4, 0.5) is 0 Å². The van der Waals surface area contributed by atoms with Crippen molar-refractivity contribution in [2.75, 3.05) is 19.6 Å². The molecule has 1 nitrogen and oxygen atoms in total. The molecule has 2 rings (SSSR count). The molecule has 0 spiro atoms. The molecule has 2 unspecified atom stereocenters. The van der Waals surface area contributed by atoms with Gasteiger partial charge in [0.15, 0.2) is 0 Å². The van der Waals surface area contributed by atoms with Gasteiger partial charge in [-0.1, -0.05) is 20.8 Å². The zero-order valence-corrected chi connectivity index (χ0v) is 15.0. The molecule has 1 aliphatic heterocycles. The van der Waals surface area contributed by atoms with Crippen LogP contribution in [0.3, 0.4) is 0 Å². The molecular formula is C16H32IN. The van der Waals surface area contributed by atoms with Crippen LogP contribution in [0.25, 0.3) is 0 Å². The summed E-state index contributed by atoms with van der Waals surface area (Å²) in [6.45, 7) is 14.2. The van der Waals surface area contributed by atoms with Crippen molar-refractivity contribution in [3.63, 3.8) is 0 Å². The first-order valence-electron chi connectivity index (χ1n) is 7.83. The normalized spacial score (nSPS) is 34.7. The van der Waals surface area contributed by atoms with E-state index in [2.05, 4.69) is 27.7 Å². The van der Waals surface area contributed by atoms with Gasteiger partial charge in [0.1, 0.15) is 0 Å². The lowest BCUT2D eigenvalue weighted by molar-refractivity contribution is -0.956. The lowest BCUT2D eigenvalue weighted by Gasteiger charge is -2.52. The van der Waals surface area contributed by atoms with E-state index in [0.717, 1.165) is 12.0 Å². The van der Waals surface area contributed by atoms with Crippen LogP contribution in [0.15, 0.2) is 0 Å². The number of quaternary nitrogens is 1. The average Bonchev–Trinajstić information content (AvgIpc) is 2.27. The second kappa shape index (κ2) is 6.43. The molecule has 1 saturated carbocycles. The van der Waals surface area contributed by atoms with Gasteiger partial charge in [-0.3, -0.25) is 0 Å². The number of hydrogen-bond acceptors (Lipinski definition) is 0. The Morgan fingerprint density at radius 2 is 1.67 bits per heavy atom. The first kappa shape index (κ1) is 16.7. The van der Waals surface area contributed by atoms with Crippen LogP contribution in [0.1, 0.15) is 66.2 Å². The van der Waals surface area contributed by atoms with Crippen LogP contribution in [-0.2, 0) is 0 Å². The molecule has 108 valence electrons. The number of halogens is 1. The van der Waals surface area contributed by atoms with Crippen molar-refractivity contribution >= 4 is 0 Å². The van der Waals surface area contributed by atoms with Gasteiger partial charge in [-0.15, -0.1) is 0 Å². The summed E-state index contributed by atoms with van der Waals surface area (Å²) in [6.07, 6.45) is 8.81. The third-order valence-electron chi connectivity index (χ3n) is 5.47. The standard InChI is InChI=1S/C16H32N.HI/c1-5-17(9-7-6-8-10-17)15-11-14(2)12-16(3,4)13-15;/h14-15H,5-13H2,1-4H3;1H/q+1;/p-1. The highest BCUT2D eigenvalue weighted by atomic mass is 127. The fourth-order valence-corrected chi connectivity index (χ4v) is 4.79. The van der Waals surface area contributed by atoms with Crippen LogP contribution < -0.4 is 24.0 Å². The minimum Gasteiger partial charge on any atom is -1.00 e. The molecule has 0 aromatic carbocycles. The fraction of sp³-hybridized carbons (Fsp3) is 1.00. The molecule has 0 aromatic rings. The van der Waals surface area contributed by atoms with Crippen molar-refractivity contribution in [1.29, 1.82) is 0 Å². The van der Waals surface area contributed by atoms with Crippen molar-refractivity contribution < 1.29 is 28.5 Å². The molecular weight excluding hydrogens is 333 g/mol. The van der Waals surface area contributed by atoms with Gasteiger partial charge in [0, 0.05) is 12.8 Å². The van der Waals surface area contributed by atoms with Crippen LogP contribution in [-0.4, -0.2) is 30.2 Å². The number of nitrogens with zero attached hydrogens (tertiary/aromatic N) is 1. The summed E-state index contributed by atoms with van der Waals surface area (Å²) >= 11 is 0. The van der Waals surface area contributed by atoms with E-state index in [1.807, 2.05) is 0 Å². The predicted octanol–water partition coefficient (Wildman–Crippen LogP) is 1.23. The summed E-state index contributed by atoms with van der Waals surface area (Å²) in [5.74, 6) is 0.937. The molecule has 2 aliphatic rings. The zero-order chi connectivity index (χ0) is 12.5. The van der Waals surface area contributed by atoms with Crippen LogP contribution in [0.5, 0.6) is 0 Å². The molecule has 18 heavy (non-hydrogen) atoms. The molecule has 1 heterocycles. The Bertz CT molecular complexity index is 256. The van der Waals surface area contributed by atoms with Crippen molar-refractivity contribution in [3.05, 3.63) is 0 Å². The van der Waals surface area contributed by atoms with Crippen LogP contribution >= 0.6 is 0 Å². The van der Waals surface area contributed by atoms with Crippen LogP contribution in [0.2, 0.25) is 0 Å². The van der Waals surface area contributed by atoms with E-state index in [1.54, 1.807) is 0 Å². The summed E-state index contributed by atoms with van der Waals surface area (Å²) in [5.41, 5.74) is 0.584.